The number of carbonyl (C=O) groups is 2. The lowest BCUT2D eigenvalue weighted by Crippen LogP contribution is -2.61. The fraction of sp³-hybridized carbons (Fsp3) is 0.474. The molecule has 0 N–H and O–H groups in total. The van der Waals surface area contributed by atoms with Crippen LogP contribution in [0.25, 0.3) is 0 Å². The Morgan fingerprint density at radius 1 is 1.12 bits per heavy atom. The smallest absolute Gasteiger partial charge is 0.269 e. The van der Waals surface area contributed by atoms with Gasteiger partial charge in [0.1, 0.15) is 6.54 Å². The zero-order valence-electron chi connectivity index (χ0n) is 15.5. The summed E-state index contributed by atoms with van der Waals surface area (Å²) in [6.07, 6.45) is 3.46. The second-order valence-electron chi connectivity index (χ2n) is 6.56. The number of aliphatic imine (C=N–C) groups is 1. The highest BCUT2D eigenvalue weighted by molar-refractivity contribution is 8.13. The average molecular weight is 374 g/mol. The number of benzene rings is 1. The molecule has 1 saturated heterocycles. The molecule has 0 aliphatic carbocycles. The van der Waals surface area contributed by atoms with Crippen LogP contribution in [0.5, 0.6) is 0 Å². The number of carbonyl (C=O) groups excluding carboxylic acids is 2. The molecule has 2 aliphatic rings. The van der Waals surface area contributed by atoms with Gasteiger partial charge in [0, 0.05) is 19.8 Å². The molecule has 3 rings (SSSR count). The third kappa shape index (κ3) is 3.53. The molecular formula is C19H25N4O2S+. The van der Waals surface area contributed by atoms with Crippen molar-refractivity contribution in [2.75, 3.05) is 19.8 Å². The number of nitrogens with zero attached hydrogens (tertiary/aromatic N) is 4. The number of amidine groups is 2. The molecule has 26 heavy (non-hydrogen) atoms. The van der Waals surface area contributed by atoms with Crippen molar-refractivity contribution in [3.05, 3.63) is 35.9 Å². The molecule has 1 unspecified atom stereocenters. The van der Waals surface area contributed by atoms with Gasteiger partial charge in [-0.15, -0.1) is 0 Å². The molecule has 0 aromatic heterocycles. The van der Waals surface area contributed by atoms with Crippen LogP contribution in [0.1, 0.15) is 31.7 Å². The van der Waals surface area contributed by atoms with Crippen LogP contribution in [0.2, 0.25) is 0 Å². The first-order valence-electron chi connectivity index (χ1n) is 8.98. The lowest BCUT2D eigenvalue weighted by molar-refractivity contribution is -0.548. The Morgan fingerprint density at radius 3 is 2.54 bits per heavy atom. The fourth-order valence-corrected chi connectivity index (χ4v) is 4.17. The Kier molecular flexibility index (Phi) is 5.76. The van der Waals surface area contributed by atoms with E-state index < -0.39 is 6.04 Å². The summed E-state index contributed by atoms with van der Waals surface area (Å²) >= 11 is 1.67. The molecule has 0 spiro atoms. The molecule has 1 atom stereocenters. The van der Waals surface area contributed by atoms with Crippen LogP contribution in [0.15, 0.2) is 35.3 Å². The monoisotopic (exact) mass is 373 g/mol. The lowest BCUT2D eigenvalue weighted by atomic mass is 10.1. The second-order valence-corrected chi connectivity index (χ2v) is 7.63. The predicted molar refractivity (Wildman–Crippen MR) is 105 cm³/mol. The number of hydrogen-bond donors (Lipinski definition) is 0. The fourth-order valence-electron chi connectivity index (χ4n) is 3.15. The number of amides is 3. The normalized spacial score (nSPS) is 20.0. The van der Waals surface area contributed by atoms with Gasteiger partial charge in [-0.05, 0) is 28.7 Å². The Morgan fingerprint density at radius 2 is 1.85 bits per heavy atom. The summed E-state index contributed by atoms with van der Waals surface area (Å²) in [6.45, 7) is 2.77. The van der Waals surface area contributed by atoms with Crippen molar-refractivity contribution in [3.63, 3.8) is 0 Å². The summed E-state index contributed by atoms with van der Waals surface area (Å²) < 4.78 is 2.03. The summed E-state index contributed by atoms with van der Waals surface area (Å²) in [4.78, 5) is 32.4. The number of hydrogen-bond acceptors (Lipinski definition) is 4. The van der Waals surface area contributed by atoms with Gasteiger partial charge in [-0.1, -0.05) is 50.1 Å². The van der Waals surface area contributed by atoms with E-state index in [9.17, 15) is 9.59 Å². The molecule has 0 bridgehead atoms. The quantitative estimate of drug-likeness (QED) is 0.569. The van der Waals surface area contributed by atoms with Gasteiger partial charge in [-0.3, -0.25) is 14.6 Å². The molecule has 2 heterocycles. The van der Waals surface area contributed by atoms with Crippen molar-refractivity contribution in [2.45, 2.75) is 38.8 Å². The molecule has 1 fully saturated rings. The van der Waals surface area contributed by atoms with Gasteiger partial charge in [0.15, 0.2) is 0 Å². The maximum Gasteiger partial charge on any atom is 0.358 e. The van der Waals surface area contributed by atoms with Gasteiger partial charge < -0.3 is 0 Å². The van der Waals surface area contributed by atoms with Crippen LogP contribution in [-0.4, -0.2) is 63.2 Å². The van der Waals surface area contributed by atoms with Gasteiger partial charge in [0.2, 0.25) is 0 Å². The molecule has 2 aliphatic heterocycles. The summed E-state index contributed by atoms with van der Waals surface area (Å²) in [5.74, 6) is 1.28. The lowest BCUT2D eigenvalue weighted by Gasteiger charge is -2.30. The van der Waals surface area contributed by atoms with E-state index in [4.69, 9.17) is 0 Å². The highest BCUT2D eigenvalue weighted by atomic mass is 32.2. The second kappa shape index (κ2) is 8.03. The maximum absolute atomic E-state index is 12.8. The largest absolute Gasteiger partial charge is 0.358 e. The van der Waals surface area contributed by atoms with E-state index in [0.717, 1.165) is 22.9 Å². The minimum atomic E-state index is -0.531. The Labute approximate surface area is 158 Å². The van der Waals surface area contributed by atoms with Crippen molar-refractivity contribution in [3.8, 4) is 0 Å². The zero-order chi connectivity index (χ0) is 18.7. The summed E-state index contributed by atoms with van der Waals surface area (Å²) in [7, 11) is 3.22. The number of urea groups is 1. The molecule has 3 amide bonds. The van der Waals surface area contributed by atoms with Crippen LogP contribution >= 0.6 is 11.8 Å². The van der Waals surface area contributed by atoms with Crippen LogP contribution in [0, 0.1) is 0 Å². The number of thioether (sulfide) groups is 1. The molecule has 6 nitrogen and oxygen atoms in total. The van der Waals surface area contributed by atoms with Crippen molar-refractivity contribution in [2.24, 2.45) is 4.99 Å². The number of unbranched alkanes of at least 4 members (excludes halogenated alkanes) is 2. The molecule has 7 heteroatoms. The number of imide groups is 1. The van der Waals surface area contributed by atoms with Gasteiger partial charge in [0.05, 0.1) is 0 Å². The van der Waals surface area contributed by atoms with Crippen molar-refractivity contribution in [1.29, 1.82) is 0 Å². The predicted octanol–water partition coefficient (Wildman–Crippen LogP) is 2.78. The number of fused-ring (bicyclic) bond motifs is 1. The third-order valence-corrected chi connectivity index (χ3v) is 5.75. The third-order valence-electron chi connectivity index (χ3n) is 4.67. The standard InChI is InChI=1S/C19H25N4O2S/c1-4-5-9-12-26-18-20-16-15(17(24)22(3)19(25)21(16)2)23(18)13-14-10-7-6-8-11-14/h6-8,10-11,15H,4-5,9,12-13H2,1-3H3/q+1. The van der Waals surface area contributed by atoms with Crippen molar-refractivity contribution >= 4 is 34.7 Å². The molecular weight excluding hydrogens is 348 g/mol. The van der Waals surface area contributed by atoms with E-state index in [1.54, 1.807) is 18.8 Å². The minimum Gasteiger partial charge on any atom is -0.269 e. The number of rotatable bonds is 6. The summed E-state index contributed by atoms with van der Waals surface area (Å²) in [6, 6.07) is 9.19. The van der Waals surface area contributed by atoms with Crippen LogP contribution < -0.4 is 0 Å². The molecule has 1 aromatic rings. The van der Waals surface area contributed by atoms with E-state index >= 15 is 0 Å². The SMILES string of the molecule is CCCCCSC1=[N+](Cc2ccccc2)C2C(=O)N(C)C(=O)N(C)C2=N1. The van der Waals surface area contributed by atoms with Crippen LogP contribution in [-0.2, 0) is 11.3 Å². The highest BCUT2D eigenvalue weighted by Crippen LogP contribution is 2.24. The van der Waals surface area contributed by atoms with E-state index in [1.165, 1.54) is 29.7 Å². The van der Waals surface area contributed by atoms with E-state index in [-0.39, 0.29) is 11.9 Å². The van der Waals surface area contributed by atoms with Gasteiger partial charge >= 0.3 is 11.2 Å². The van der Waals surface area contributed by atoms with Crippen molar-refractivity contribution in [1.82, 2.24) is 9.80 Å². The first kappa shape index (κ1) is 18.6. The van der Waals surface area contributed by atoms with E-state index in [2.05, 4.69) is 11.9 Å². The zero-order valence-corrected chi connectivity index (χ0v) is 16.3. The topological polar surface area (TPSA) is 56.0 Å². The van der Waals surface area contributed by atoms with Crippen LogP contribution in [0.4, 0.5) is 4.79 Å². The van der Waals surface area contributed by atoms with Gasteiger partial charge in [-0.2, -0.15) is 0 Å². The van der Waals surface area contributed by atoms with Crippen molar-refractivity contribution < 1.29 is 14.2 Å². The molecule has 1 aromatic carbocycles. The first-order chi connectivity index (χ1) is 12.5. The van der Waals surface area contributed by atoms with Crippen LogP contribution in [0.3, 0.4) is 0 Å². The van der Waals surface area contributed by atoms with E-state index in [1.807, 2.05) is 34.9 Å². The Bertz CT molecular complexity index is 760. The molecule has 138 valence electrons. The Hall–Kier alpha value is -2.15. The summed E-state index contributed by atoms with van der Waals surface area (Å²) in [5.41, 5.74) is 1.12. The average Bonchev–Trinajstić information content (AvgIpc) is 3.01. The highest BCUT2D eigenvalue weighted by Gasteiger charge is 2.53. The first-order valence-corrected chi connectivity index (χ1v) is 9.97. The molecule has 0 radical (unpaired) electrons. The number of likely N-dealkylation sites (N-methyl/N-ethyl adjacent to an activating group) is 2. The molecule has 0 saturated carbocycles. The summed E-state index contributed by atoms with van der Waals surface area (Å²) in [5, 5.41) is 0.827. The minimum absolute atomic E-state index is 0.216. The Balaban J connectivity index is 1.91. The van der Waals surface area contributed by atoms with Gasteiger partial charge in [-0.25, -0.2) is 9.37 Å². The maximum atomic E-state index is 12.8. The van der Waals surface area contributed by atoms with E-state index in [0.29, 0.717) is 12.4 Å². The van der Waals surface area contributed by atoms with Gasteiger partial charge in [0.25, 0.3) is 17.8 Å².